The van der Waals surface area contributed by atoms with E-state index in [-0.39, 0.29) is 0 Å². The van der Waals surface area contributed by atoms with Crippen molar-refractivity contribution >= 4 is 51.0 Å². The molecule has 16 nitrogen and oxygen atoms in total. The van der Waals surface area contributed by atoms with Crippen LogP contribution in [0.5, 0.6) is 11.5 Å². The second-order valence-corrected chi connectivity index (χ2v) is 15.9. The first-order valence-electron chi connectivity index (χ1n) is 21.2. The van der Waals surface area contributed by atoms with E-state index in [0.29, 0.717) is 104 Å². The van der Waals surface area contributed by atoms with Crippen molar-refractivity contribution in [2.75, 3.05) is 21.3 Å². The fourth-order valence-corrected chi connectivity index (χ4v) is 8.32. The van der Waals surface area contributed by atoms with Crippen LogP contribution in [0.1, 0.15) is 76.4 Å². The Balaban J connectivity index is 0.903. The summed E-state index contributed by atoms with van der Waals surface area (Å²) in [5.41, 5.74) is 9.63. The van der Waals surface area contributed by atoms with Crippen LogP contribution in [0.4, 0.5) is 0 Å². The average Bonchev–Trinajstić information content (AvgIpc) is 3.96. The molecule has 9 aromatic rings. The molecule has 16 heteroatoms. The number of ether oxygens (including phenoxy) is 4. The van der Waals surface area contributed by atoms with Crippen LogP contribution in [0.25, 0.3) is 38.8 Å². The number of para-hydroxylation sites is 1. The molecule has 66 heavy (non-hydrogen) atoms. The number of rotatable bonds is 13. The molecular formula is C50H45N9O7. The highest BCUT2D eigenvalue weighted by Crippen LogP contribution is 2.29. The van der Waals surface area contributed by atoms with Gasteiger partial charge in [-0.25, -0.2) is 34.0 Å². The number of fused-ring (bicyclic) bond motifs is 3. The summed E-state index contributed by atoms with van der Waals surface area (Å²) in [5, 5.41) is 16.2. The van der Waals surface area contributed by atoms with E-state index in [1.54, 1.807) is 27.6 Å². The molecule has 0 unspecified atom stereocenters. The van der Waals surface area contributed by atoms with Crippen LogP contribution in [0.3, 0.4) is 0 Å². The zero-order valence-corrected chi connectivity index (χ0v) is 37.4. The highest BCUT2D eigenvalue weighted by molar-refractivity contribution is 6.05. The molecular weight excluding hydrogens is 839 g/mol. The van der Waals surface area contributed by atoms with Gasteiger partial charge in [-0.3, -0.25) is 9.36 Å². The molecule has 0 spiro atoms. The number of hydrogen-bond acceptors (Lipinski definition) is 13. The zero-order valence-electron chi connectivity index (χ0n) is 37.4. The maximum absolute atomic E-state index is 13.2. The SMILES string of the molecule is COC(=O)c1cc(C)nc2nn(Cc3ccc(Oc4ccc(Cc5cc(C(=O)OC)c6c(C)n(CCc7cc(C(=O)OC)c8c(C)n(-c9ccccc9)nc8n7)nc6n5)cc4)cc3)c(C)c12. The lowest BCUT2D eigenvalue weighted by Crippen LogP contribution is -2.09. The van der Waals surface area contributed by atoms with E-state index in [4.69, 9.17) is 39.1 Å². The molecule has 0 bridgehead atoms. The Kier molecular flexibility index (Phi) is 11.5. The molecule has 0 aliphatic carbocycles. The quantitative estimate of drug-likeness (QED) is 0.0800. The van der Waals surface area contributed by atoms with Gasteiger partial charge in [-0.2, -0.15) is 10.2 Å². The minimum atomic E-state index is -0.492. The van der Waals surface area contributed by atoms with Gasteiger partial charge in [0.1, 0.15) is 11.5 Å². The van der Waals surface area contributed by atoms with Gasteiger partial charge in [0.15, 0.2) is 16.9 Å². The second kappa shape index (κ2) is 17.7. The molecule has 0 saturated carbocycles. The Morgan fingerprint density at radius 2 is 1.03 bits per heavy atom. The second-order valence-electron chi connectivity index (χ2n) is 15.9. The summed E-state index contributed by atoms with van der Waals surface area (Å²) < 4.78 is 27.0. The molecule has 3 aromatic carbocycles. The van der Waals surface area contributed by atoms with Crippen LogP contribution < -0.4 is 4.74 Å². The number of methoxy groups -OCH3 is 3. The van der Waals surface area contributed by atoms with E-state index in [0.717, 1.165) is 33.9 Å². The lowest BCUT2D eigenvalue weighted by Gasteiger charge is -2.09. The first-order valence-corrected chi connectivity index (χ1v) is 21.2. The monoisotopic (exact) mass is 883 g/mol. The first-order chi connectivity index (χ1) is 31.9. The van der Waals surface area contributed by atoms with Crippen molar-refractivity contribution < 1.29 is 33.3 Å². The van der Waals surface area contributed by atoms with E-state index in [1.165, 1.54) is 21.3 Å². The minimum Gasteiger partial charge on any atom is -0.465 e. The molecule has 0 aliphatic rings. The number of carbonyl (C=O) groups is 3. The van der Waals surface area contributed by atoms with Gasteiger partial charge < -0.3 is 18.9 Å². The minimum absolute atomic E-state index is 0.368. The summed E-state index contributed by atoms with van der Waals surface area (Å²) in [6.45, 7) is 8.39. The van der Waals surface area contributed by atoms with E-state index in [2.05, 4.69) is 10.1 Å². The molecule has 0 aliphatic heterocycles. The van der Waals surface area contributed by atoms with Crippen LogP contribution in [-0.4, -0.2) is 83.5 Å². The van der Waals surface area contributed by atoms with Crippen LogP contribution >= 0.6 is 0 Å². The van der Waals surface area contributed by atoms with Crippen molar-refractivity contribution in [2.24, 2.45) is 0 Å². The predicted octanol–water partition coefficient (Wildman–Crippen LogP) is 8.18. The normalized spacial score (nSPS) is 11.4. The third-order valence-corrected chi connectivity index (χ3v) is 11.6. The smallest absolute Gasteiger partial charge is 0.338 e. The molecule has 6 aromatic heterocycles. The predicted molar refractivity (Wildman–Crippen MR) is 245 cm³/mol. The van der Waals surface area contributed by atoms with Crippen LogP contribution in [0.15, 0.2) is 97.1 Å². The van der Waals surface area contributed by atoms with E-state index >= 15 is 0 Å². The Morgan fingerprint density at radius 1 is 0.530 bits per heavy atom. The van der Waals surface area contributed by atoms with Gasteiger partial charge in [0, 0.05) is 47.9 Å². The zero-order chi connectivity index (χ0) is 46.2. The largest absolute Gasteiger partial charge is 0.465 e. The number of esters is 3. The van der Waals surface area contributed by atoms with Crippen molar-refractivity contribution in [1.29, 1.82) is 0 Å². The van der Waals surface area contributed by atoms with Gasteiger partial charge in [-0.05, 0) is 93.4 Å². The fraction of sp³-hybridized carbons (Fsp3) is 0.220. The standard InChI is InChI=1S/C50H45N9O7/c1-28-23-39(48(60)63-5)43-30(3)58(55-45(43)51-28)27-33-15-19-38(20-16-33)66-37-17-13-32(14-18-37)24-35-26-41(50(62)65-7)42-29(2)57(54-46(42)53-35)22-21-34-25-40(49(61)64-6)44-31(4)59(56-47(44)52-34)36-11-9-8-10-12-36/h8-20,23,25-26H,21-22,24,27H2,1-7H3. The van der Waals surface area contributed by atoms with Gasteiger partial charge in [0.25, 0.3) is 0 Å². The number of aromatic nitrogens is 9. The van der Waals surface area contributed by atoms with Crippen LogP contribution in [0.2, 0.25) is 0 Å². The highest BCUT2D eigenvalue weighted by Gasteiger charge is 2.24. The topological polar surface area (TPSA) is 180 Å². The number of pyridine rings is 3. The number of hydrogen-bond donors (Lipinski definition) is 0. The van der Waals surface area contributed by atoms with Gasteiger partial charge in [-0.15, -0.1) is 5.10 Å². The Hall–Kier alpha value is -8.27. The van der Waals surface area contributed by atoms with Gasteiger partial charge in [-0.1, -0.05) is 42.5 Å². The number of carbonyl (C=O) groups excluding carboxylic acids is 3. The summed E-state index contributed by atoms with van der Waals surface area (Å²) in [6.07, 6.45) is 0.833. The molecule has 0 fully saturated rings. The highest BCUT2D eigenvalue weighted by atomic mass is 16.5. The molecule has 0 amide bonds. The summed E-state index contributed by atoms with van der Waals surface area (Å²) in [5.74, 6) is -0.0845. The summed E-state index contributed by atoms with van der Waals surface area (Å²) >= 11 is 0. The lowest BCUT2D eigenvalue weighted by molar-refractivity contribution is 0.0594. The Bertz CT molecular complexity index is 3340. The Morgan fingerprint density at radius 3 is 1.65 bits per heavy atom. The average molecular weight is 884 g/mol. The molecule has 0 saturated heterocycles. The van der Waals surface area contributed by atoms with E-state index in [1.807, 2.05) is 111 Å². The molecule has 0 N–H and O–H groups in total. The molecule has 0 radical (unpaired) electrons. The van der Waals surface area contributed by atoms with Gasteiger partial charge in [0.2, 0.25) is 0 Å². The maximum Gasteiger partial charge on any atom is 0.338 e. The van der Waals surface area contributed by atoms with Crippen molar-refractivity contribution in [1.82, 2.24) is 44.3 Å². The van der Waals surface area contributed by atoms with Crippen molar-refractivity contribution in [3.05, 3.63) is 159 Å². The fourth-order valence-electron chi connectivity index (χ4n) is 8.32. The van der Waals surface area contributed by atoms with Crippen LogP contribution in [0, 0.1) is 27.7 Å². The molecule has 9 rings (SSSR count). The third-order valence-electron chi connectivity index (χ3n) is 11.6. The van der Waals surface area contributed by atoms with Crippen LogP contribution in [-0.2, 0) is 40.1 Å². The van der Waals surface area contributed by atoms with Crippen molar-refractivity contribution in [3.63, 3.8) is 0 Å². The lowest BCUT2D eigenvalue weighted by atomic mass is 10.0. The van der Waals surface area contributed by atoms with Gasteiger partial charge in [0.05, 0.1) is 72.1 Å². The van der Waals surface area contributed by atoms with Crippen molar-refractivity contribution in [3.8, 4) is 17.2 Å². The van der Waals surface area contributed by atoms with E-state index < -0.39 is 17.9 Å². The number of benzene rings is 3. The van der Waals surface area contributed by atoms with Gasteiger partial charge >= 0.3 is 17.9 Å². The van der Waals surface area contributed by atoms with E-state index in [9.17, 15) is 14.4 Å². The number of aryl methyl sites for hydroxylation is 6. The number of nitrogens with zero attached hydrogens (tertiary/aromatic N) is 9. The summed E-state index contributed by atoms with van der Waals surface area (Å²) in [6, 6.07) is 30.3. The first kappa shape index (κ1) is 43.0. The van der Waals surface area contributed by atoms with Crippen molar-refractivity contribution in [2.45, 2.75) is 53.6 Å². The molecule has 332 valence electrons. The molecule has 0 atom stereocenters. The summed E-state index contributed by atoms with van der Waals surface area (Å²) in [7, 11) is 4.07. The molecule has 6 heterocycles. The summed E-state index contributed by atoms with van der Waals surface area (Å²) in [4.78, 5) is 53.0. The Labute approximate surface area is 378 Å². The maximum atomic E-state index is 13.2. The third kappa shape index (κ3) is 8.19.